The van der Waals surface area contributed by atoms with E-state index in [0.717, 1.165) is 0 Å². The first-order chi connectivity index (χ1) is 10.1. The first kappa shape index (κ1) is 13.7. The summed E-state index contributed by atoms with van der Waals surface area (Å²) in [4.78, 5) is 23.1. The lowest BCUT2D eigenvalue weighted by Gasteiger charge is -2.19. The molecule has 0 unspecified atom stereocenters. The van der Waals surface area contributed by atoms with Crippen molar-refractivity contribution in [2.75, 3.05) is 13.2 Å². The number of benzene rings is 1. The van der Waals surface area contributed by atoms with Gasteiger partial charge in [-0.2, -0.15) is 0 Å². The Labute approximate surface area is 122 Å². The smallest absolute Gasteiger partial charge is 0.306 e. The predicted molar refractivity (Wildman–Crippen MR) is 73.7 cm³/mol. The van der Waals surface area contributed by atoms with Gasteiger partial charge in [0.2, 0.25) is 0 Å². The Morgan fingerprint density at radius 3 is 2.62 bits per heavy atom. The summed E-state index contributed by atoms with van der Waals surface area (Å²) in [5.41, 5.74) is 0.498. The Bertz CT molecular complexity index is 571. The van der Waals surface area contributed by atoms with Crippen LogP contribution in [-0.4, -0.2) is 36.2 Å². The fourth-order valence-electron chi connectivity index (χ4n) is 2.79. The van der Waals surface area contributed by atoms with Crippen molar-refractivity contribution < 1.29 is 24.2 Å². The van der Waals surface area contributed by atoms with Crippen LogP contribution in [0.15, 0.2) is 18.2 Å². The highest BCUT2D eigenvalue weighted by atomic mass is 16.6. The number of nitrogens with one attached hydrogen (secondary N) is 1. The number of amides is 1. The van der Waals surface area contributed by atoms with Crippen LogP contribution in [0.2, 0.25) is 0 Å². The summed E-state index contributed by atoms with van der Waals surface area (Å²) in [7, 11) is 0. The largest absolute Gasteiger partial charge is 0.486 e. The fourth-order valence-corrected chi connectivity index (χ4v) is 2.79. The van der Waals surface area contributed by atoms with Crippen molar-refractivity contribution >= 4 is 11.9 Å². The van der Waals surface area contributed by atoms with E-state index < -0.39 is 5.97 Å². The van der Waals surface area contributed by atoms with Crippen molar-refractivity contribution in [1.82, 2.24) is 5.32 Å². The molecule has 1 heterocycles. The Hall–Kier alpha value is -2.24. The van der Waals surface area contributed by atoms with Gasteiger partial charge >= 0.3 is 5.97 Å². The molecule has 2 atom stereocenters. The fraction of sp³-hybridized carbons (Fsp3) is 0.467. The summed E-state index contributed by atoms with van der Waals surface area (Å²) in [6.45, 7) is 0.984. The van der Waals surface area contributed by atoms with Gasteiger partial charge in [-0.25, -0.2) is 0 Å². The Balaban J connectivity index is 1.65. The molecule has 1 aromatic carbocycles. The Morgan fingerprint density at radius 2 is 1.90 bits per heavy atom. The normalized spacial score (nSPS) is 23.6. The van der Waals surface area contributed by atoms with E-state index in [-0.39, 0.29) is 17.9 Å². The van der Waals surface area contributed by atoms with Gasteiger partial charge in [0.1, 0.15) is 13.2 Å². The molecule has 1 aliphatic heterocycles. The molecule has 1 saturated carbocycles. The zero-order valence-corrected chi connectivity index (χ0v) is 11.5. The van der Waals surface area contributed by atoms with Gasteiger partial charge in [-0.15, -0.1) is 0 Å². The summed E-state index contributed by atoms with van der Waals surface area (Å²) in [6.07, 6.45) is 1.81. The van der Waals surface area contributed by atoms with Crippen molar-refractivity contribution in [3.63, 3.8) is 0 Å². The van der Waals surface area contributed by atoms with Crippen LogP contribution in [0.25, 0.3) is 0 Å². The summed E-state index contributed by atoms with van der Waals surface area (Å²) < 4.78 is 10.9. The quantitative estimate of drug-likeness (QED) is 0.880. The van der Waals surface area contributed by atoms with Crippen molar-refractivity contribution in [2.45, 2.75) is 25.3 Å². The molecular weight excluding hydrogens is 274 g/mol. The number of carbonyl (C=O) groups is 2. The zero-order chi connectivity index (χ0) is 14.8. The summed E-state index contributed by atoms with van der Waals surface area (Å²) in [6, 6.07) is 4.99. The van der Waals surface area contributed by atoms with Crippen molar-refractivity contribution in [3.8, 4) is 11.5 Å². The van der Waals surface area contributed by atoms with Gasteiger partial charge in [0.25, 0.3) is 5.91 Å². The lowest BCUT2D eigenvalue weighted by Crippen LogP contribution is -2.33. The van der Waals surface area contributed by atoms with Crippen LogP contribution in [0.1, 0.15) is 29.6 Å². The number of carboxylic acids is 1. The molecule has 0 radical (unpaired) electrons. The topological polar surface area (TPSA) is 84.9 Å². The number of ether oxygens (including phenoxy) is 2. The highest BCUT2D eigenvalue weighted by Gasteiger charge is 2.30. The summed E-state index contributed by atoms with van der Waals surface area (Å²) in [5.74, 6) is -0.127. The molecule has 0 aromatic heterocycles. The summed E-state index contributed by atoms with van der Waals surface area (Å²) in [5, 5.41) is 11.9. The second kappa shape index (κ2) is 5.63. The molecule has 6 heteroatoms. The molecule has 1 amide bonds. The van der Waals surface area contributed by atoms with Crippen LogP contribution in [0.3, 0.4) is 0 Å². The van der Waals surface area contributed by atoms with E-state index >= 15 is 0 Å². The van der Waals surface area contributed by atoms with Gasteiger partial charge in [0.15, 0.2) is 11.5 Å². The van der Waals surface area contributed by atoms with E-state index in [0.29, 0.717) is 49.5 Å². The average Bonchev–Trinajstić information content (AvgIpc) is 2.95. The van der Waals surface area contributed by atoms with Gasteiger partial charge in [-0.05, 0) is 37.5 Å². The number of hydrogen-bond donors (Lipinski definition) is 2. The third-order valence-electron chi connectivity index (χ3n) is 3.92. The first-order valence-electron chi connectivity index (χ1n) is 7.07. The zero-order valence-electron chi connectivity index (χ0n) is 11.5. The van der Waals surface area contributed by atoms with Crippen LogP contribution in [0.5, 0.6) is 11.5 Å². The predicted octanol–water partition coefficient (Wildman–Crippen LogP) is 1.44. The van der Waals surface area contributed by atoms with Crippen LogP contribution >= 0.6 is 0 Å². The minimum atomic E-state index is -0.786. The van der Waals surface area contributed by atoms with Crippen molar-refractivity contribution in [2.24, 2.45) is 5.92 Å². The second-order valence-electron chi connectivity index (χ2n) is 5.38. The lowest BCUT2D eigenvalue weighted by molar-refractivity contribution is -0.141. The van der Waals surface area contributed by atoms with Gasteiger partial charge < -0.3 is 19.9 Å². The Kier molecular flexibility index (Phi) is 3.68. The lowest BCUT2D eigenvalue weighted by atomic mass is 10.1. The van der Waals surface area contributed by atoms with E-state index in [1.807, 2.05) is 0 Å². The van der Waals surface area contributed by atoms with E-state index in [4.69, 9.17) is 14.6 Å². The number of carboxylic acid groups (broad SMARTS) is 1. The number of rotatable bonds is 3. The maximum absolute atomic E-state index is 12.2. The van der Waals surface area contributed by atoms with Crippen LogP contribution in [-0.2, 0) is 4.79 Å². The molecule has 2 aliphatic rings. The standard InChI is InChI=1S/C15H17NO5/c17-14(16-11-3-1-10(7-11)15(18)19)9-2-4-12-13(8-9)21-6-5-20-12/h2,4,8,10-11H,1,3,5-7H2,(H,16,17)(H,18,19)/t10-,11+/m0/s1. The third kappa shape index (κ3) is 2.94. The van der Waals surface area contributed by atoms with Gasteiger partial charge in [0.05, 0.1) is 5.92 Å². The molecule has 0 bridgehead atoms. The highest BCUT2D eigenvalue weighted by Crippen LogP contribution is 2.31. The number of fused-ring (bicyclic) bond motifs is 1. The van der Waals surface area contributed by atoms with E-state index in [9.17, 15) is 9.59 Å². The number of aliphatic carboxylic acids is 1. The maximum atomic E-state index is 12.2. The molecule has 2 N–H and O–H groups in total. The molecular formula is C15H17NO5. The van der Waals surface area contributed by atoms with Gasteiger partial charge in [-0.3, -0.25) is 9.59 Å². The Morgan fingerprint density at radius 1 is 1.14 bits per heavy atom. The van der Waals surface area contributed by atoms with Crippen molar-refractivity contribution in [1.29, 1.82) is 0 Å². The van der Waals surface area contributed by atoms with Crippen molar-refractivity contribution in [3.05, 3.63) is 23.8 Å². The molecule has 0 saturated heterocycles. The number of hydrogen-bond acceptors (Lipinski definition) is 4. The maximum Gasteiger partial charge on any atom is 0.306 e. The average molecular weight is 291 g/mol. The van der Waals surface area contributed by atoms with Crippen LogP contribution < -0.4 is 14.8 Å². The first-order valence-corrected chi connectivity index (χ1v) is 7.07. The van der Waals surface area contributed by atoms with E-state index in [1.165, 1.54) is 0 Å². The van der Waals surface area contributed by atoms with Gasteiger partial charge in [-0.1, -0.05) is 0 Å². The second-order valence-corrected chi connectivity index (χ2v) is 5.38. The molecule has 112 valence electrons. The SMILES string of the molecule is O=C(N[C@@H]1CC[C@H](C(=O)O)C1)c1ccc2c(c1)OCCO2. The number of carbonyl (C=O) groups excluding carboxylic acids is 1. The molecule has 3 rings (SSSR count). The molecule has 0 spiro atoms. The van der Waals surface area contributed by atoms with Crippen LogP contribution in [0.4, 0.5) is 0 Å². The summed E-state index contributed by atoms with van der Waals surface area (Å²) >= 11 is 0. The molecule has 1 aromatic rings. The minimum Gasteiger partial charge on any atom is -0.486 e. The van der Waals surface area contributed by atoms with Crippen LogP contribution in [0, 0.1) is 5.92 Å². The highest BCUT2D eigenvalue weighted by molar-refractivity contribution is 5.95. The minimum absolute atomic E-state index is 0.0770. The molecule has 1 aliphatic carbocycles. The monoisotopic (exact) mass is 291 g/mol. The van der Waals surface area contributed by atoms with Gasteiger partial charge in [0, 0.05) is 11.6 Å². The molecule has 6 nitrogen and oxygen atoms in total. The van der Waals surface area contributed by atoms with E-state index in [2.05, 4.69) is 5.32 Å². The third-order valence-corrected chi connectivity index (χ3v) is 3.92. The molecule has 21 heavy (non-hydrogen) atoms. The van der Waals surface area contributed by atoms with E-state index in [1.54, 1.807) is 18.2 Å². The molecule has 1 fully saturated rings.